The van der Waals surface area contributed by atoms with Gasteiger partial charge in [0.1, 0.15) is 0 Å². The van der Waals surface area contributed by atoms with E-state index in [4.69, 9.17) is 4.79 Å². The molecule has 0 bridgehead atoms. The maximum atomic E-state index is 11.2. The molecule has 0 aliphatic carbocycles. The Morgan fingerprint density at radius 2 is 1.36 bits per heavy atom. The second-order valence-corrected chi connectivity index (χ2v) is 1.35. The van der Waals surface area contributed by atoms with Crippen LogP contribution in [0.5, 0.6) is 0 Å². The predicted octanol–water partition coefficient (Wildman–Crippen LogP) is -1.20. The number of alkyl halides is 5. The van der Waals surface area contributed by atoms with Crippen molar-refractivity contribution < 1.29 is 62.1 Å². The quantitative estimate of drug-likeness (QED) is 0.288. The molecule has 0 aliphatic heterocycles. The zero-order valence-corrected chi connectivity index (χ0v) is 7.18. The fourth-order valence-electron chi connectivity index (χ4n) is 0.111. The smallest absolute Gasteiger partial charge is 1.00 e. The largest absolute Gasteiger partial charge is 1.00 e. The van der Waals surface area contributed by atoms with Gasteiger partial charge in [0.05, 0.1) is 0 Å². The van der Waals surface area contributed by atoms with Gasteiger partial charge in [0.15, 0.2) is 0 Å². The van der Waals surface area contributed by atoms with Gasteiger partial charge in [-0.25, -0.2) is 0 Å². The van der Waals surface area contributed by atoms with Crippen molar-refractivity contribution in [3.8, 4) is 0 Å². The van der Waals surface area contributed by atoms with Crippen LogP contribution in [0.4, 0.5) is 26.3 Å². The molecule has 0 radical (unpaired) electrons. The number of hydrogen-bond acceptors (Lipinski definition) is 1. The van der Waals surface area contributed by atoms with E-state index in [1.165, 1.54) is 0 Å². The Labute approximate surface area is 80.5 Å². The molecule has 0 atom stereocenters. The molecule has 0 saturated heterocycles. The van der Waals surface area contributed by atoms with Crippen molar-refractivity contribution in [3.05, 3.63) is 0 Å². The van der Waals surface area contributed by atoms with Gasteiger partial charge in [0.2, 0.25) is 0 Å². The summed E-state index contributed by atoms with van der Waals surface area (Å²) in [5.41, 5.74) is 0. The first-order valence-corrected chi connectivity index (χ1v) is 1.84. The SMILES string of the molecule is O=C(F)C(F)(F)C(F)(F)F.[H-].[Na+]. The van der Waals surface area contributed by atoms with E-state index in [1.807, 2.05) is 0 Å². The molecule has 0 heterocycles. The van der Waals surface area contributed by atoms with Crippen molar-refractivity contribution >= 4 is 6.04 Å². The van der Waals surface area contributed by atoms with Crippen molar-refractivity contribution in [2.24, 2.45) is 0 Å². The van der Waals surface area contributed by atoms with Gasteiger partial charge in [-0.3, -0.25) is 4.79 Å². The van der Waals surface area contributed by atoms with E-state index < -0.39 is 18.1 Å². The van der Waals surface area contributed by atoms with E-state index >= 15 is 0 Å². The Morgan fingerprint density at radius 1 is 1.09 bits per heavy atom. The molecule has 0 saturated carbocycles. The Kier molecular flexibility index (Phi) is 4.74. The van der Waals surface area contributed by atoms with Crippen molar-refractivity contribution in [1.29, 1.82) is 0 Å². The normalized spacial score (nSPS) is 12.2. The van der Waals surface area contributed by atoms with Gasteiger partial charge in [0, 0.05) is 0 Å². The first kappa shape index (κ1) is 13.8. The maximum Gasteiger partial charge on any atom is 1.00 e. The van der Waals surface area contributed by atoms with E-state index in [-0.39, 0.29) is 31.0 Å². The van der Waals surface area contributed by atoms with Crippen molar-refractivity contribution in [2.75, 3.05) is 0 Å². The van der Waals surface area contributed by atoms with Crippen LogP contribution in [0.2, 0.25) is 0 Å². The number of hydrogen-bond donors (Lipinski definition) is 0. The third kappa shape index (κ3) is 3.00. The van der Waals surface area contributed by atoms with Gasteiger partial charge < -0.3 is 1.43 Å². The van der Waals surface area contributed by atoms with Gasteiger partial charge >= 0.3 is 47.7 Å². The molecule has 0 fully saturated rings. The van der Waals surface area contributed by atoms with Crippen LogP contribution in [0.25, 0.3) is 0 Å². The zero-order chi connectivity index (χ0) is 8.58. The molecule has 1 nitrogen and oxygen atoms in total. The third-order valence-corrected chi connectivity index (χ3v) is 0.603. The summed E-state index contributed by atoms with van der Waals surface area (Å²) >= 11 is 0. The van der Waals surface area contributed by atoms with Gasteiger partial charge in [-0.05, 0) is 0 Å². The summed E-state index contributed by atoms with van der Waals surface area (Å²) in [5, 5.41) is 0. The first-order valence-electron chi connectivity index (χ1n) is 1.84. The van der Waals surface area contributed by atoms with Crippen molar-refractivity contribution in [1.82, 2.24) is 0 Å². The minimum absolute atomic E-state index is 0. The molecule has 0 aliphatic rings. The Hall–Kier alpha value is 0.250. The summed E-state index contributed by atoms with van der Waals surface area (Å²) < 4.78 is 65.9. The average Bonchev–Trinajstić information content (AvgIpc) is 1.62. The fourth-order valence-corrected chi connectivity index (χ4v) is 0.111. The molecule has 0 rings (SSSR count). The van der Waals surface area contributed by atoms with Crippen LogP contribution in [0, 0.1) is 0 Å². The molecule has 0 aromatic carbocycles. The van der Waals surface area contributed by atoms with Crippen LogP contribution >= 0.6 is 0 Å². The molecule has 0 N–H and O–H groups in total. The average molecular weight is 190 g/mol. The Bertz CT molecular complexity index is 155. The molecule has 11 heavy (non-hydrogen) atoms. The van der Waals surface area contributed by atoms with Crippen LogP contribution < -0.4 is 29.6 Å². The summed E-state index contributed by atoms with van der Waals surface area (Å²) in [6.45, 7) is 0. The number of rotatable bonds is 1. The number of carbonyl (C=O) groups is 1. The van der Waals surface area contributed by atoms with E-state index in [1.54, 1.807) is 0 Å². The van der Waals surface area contributed by atoms with Crippen LogP contribution in [0.3, 0.4) is 0 Å². The Morgan fingerprint density at radius 3 is 1.36 bits per heavy atom. The molecule has 0 aromatic heterocycles. The van der Waals surface area contributed by atoms with Crippen LogP contribution in [0.15, 0.2) is 0 Å². The first-order chi connectivity index (χ1) is 4.19. The van der Waals surface area contributed by atoms with Crippen LogP contribution in [0.1, 0.15) is 1.43 Å². The minimum atomic E-state index is -6.14. The predicted molar refractivity (Wildman–Crippen MR) is 18.2 cm³/mol. The maximum absolute atomic E-state index is 11.2. The Balaban J connectivity index is -0.000000405. The molecular formula is C3HF6NaO. The van der Waals surface area contributed by atoms with E-state index in [2.05, 4.69) is 0 Å². The van der Waals surface area contributed by atoms with Gasteiger partial charge in [-0.15, -0.1) is 0 Å². The number of carbonyl (C=O) groups excluding carboxylic acids is 1. The van der Waals surface area contributed by atoms with Gasteiger partial charge in [-0.2, -0.15) is 26.3 Å². The van der Waals surface area contributed by atoms with E-state index in [9.17, 15) is 26.3 Å². The van der Waals surface area contributed by atoms with E-state index in [0.717, 1.165) is 0 Å². The second-order valence-electron chi connectivity index (χ2n) is 1.35. The standard InChI is InChI=1S/C3F6O.Na.H/c4-1(10)2(5,6)3(7,8)9;;/q;+1;-1. The van der Waals surface area contributed by atoms with Crippen molar-refractivity contribution in [3.63, 3.8) is 0 Å². The fraction of sp³-hybridized carbons (Fsp3) is 0.667. The molecule has 0 spiro atoms. The molecule has 0 unspecified atom stereocenters. The summed E-state index contributed by atoms with van der Waals surface area (Å²) in [6.07, 6.45) is -6.14. The molecule has 62 valence electrons. The van der Waals surface area contributed by atoms with Gasteiger partial charge in [0.25, 0.3) is 0 Å². The summed E-state index contributed by atoms with van der Waals surface area (Å²) in [6, 6.07) is -3.69. The molecular weight excluding hydrogens is 189 g/mol. The molecule has 8 heteroatoms. The van der Waals surface area contributed by atoms with Crippen LogP contribution in [-0.2, 0) is 4.79 Å². The molecule has 0 amide bonds. The monoisotopic (exact) mass is 190 g/mol. The van der Waals surface area contributed by atoms with E-state index in [0.29, 0.717) is 0 Å². The van der Waals surface area contributed by atoms with Crippen LogP contribution in [-0.4, -0.2) is 18.1 Å². The third-order valence-electron chi connectivity index (χ3n) is 0.603. The number of halogens is 6. The summed E-state index contributed by atoms with van der Waals surface area (Å²) in [4.78, 5) is 8.98. The minimum Gasteiger partial charge on any atom is -1.00 e. The van der Waals surface area contributed by atoms with Gasteiger partial charge in [-0.1, -0.05) is 0 Å². The van der Waals surface area contributed by atoms with Crippen molar-refractivity contribution in [2.45, 2.75) is 12.1 Å². The summed E-state index contributed by atoms with van der Waals surface area (Å²) in [7, 11) is 0. The second kappa shape index (κ2) is 3.77. The molecule has 0 aromatic rings. The topological polar surface area (TPSA) is 17.1 Å². The zero-order valence-electron chi connectivity index (χ0n) is 6.18. The summed E-state index contributed by atoms with van der Waals surface area (Å²) in [5.74, 6) is -5.87.